The van der Waals surface area contributed by atoms with Gasteiger partial charge in [0, 0.05) is 12.0 Å². The zero-order valence-electron chi connectivity index (χ0n) is 10.8. The highest BCUT2D eigenvalue weighted by molar-refractivity contribution is 5.69. The molecular formula is C14H16N2O3. The molecule has 2 rings (SSSR count). The number of aromatic nitrogens is 2. The van der Waals surface area contributed by atoms with Gasteiger partial charge in [-0.25, -0.2) is 0 Å². The first-order chi connectivity index (χ1) is 9.29. The van der Waals surface area contributed by atoms with Crippen molar-refractivity contribution in [3.05, 3.63) is 36.2 Å². The maximum absolute atomic E-state index is 11.3. The molecule has 1 aromatic carbocycles. The van der Waals surface area contributed by atoms with E-state index in [0.717, 1.165) is 18.4 Å². The smallest absolute Gasteiger partial charge is 0.306 e. The lowest BCUT2D eigenvalue weighted by molar-refractivity contribution is -0.145. The predicted molar refractivity (Wildman–Crippen MR) is 69.1 cm³/mol. The molecule has 0 aliphatic carbocycles. The summed E-state index contributed by atoms with van der Waals surface area (Å²) in [6.07, 6.45) is 2.22. The van der Waals surface area contributed by atoms with Gasteiger partial charge in [-0.05, 0) is 18.6 Å². The lowest BCUT2D eigenvalue weighted by Gasteiger charge is -2.00. The van der Waals surface area contributed by atoms with E-state index in [4.69, 9.17) is 9.15 Å². The molecule has 19 heavy (non-hydrogen) atoms. The third kappa shape index (κ3) is 3.91. The van der Waals surface area contributed by atoms with E-state index in [1.165, 1.54) is 0 Å². The van der Waals surface area contributed by atoms with Crippen LogP contribution >= 0.6 is 0 Å². The molecule has 5 heteroatoms. The molecule has 0 amide bonds. The van der Waals surface area contributed by atoms with Crippen molar-refractivity contribution in [1.29, 1.82) is 0 Å². The van der Waals surface area contributed by atoms with E-state index in [1.807, 2.05) is 37.3 Å². The Morgan fingerprint density at radius 1 is 1.26 bits per heavy atom. The number of esters is 1. The van der Waals surface area contributed by atoms with Crippen LogP contribution in [0.5, 0.6) is 0 Å². The zero-order chi connectivity index (χ0) is 13.5. The lowest BCUT2D eigenvalue weighted by atomic mass is 10.2. The molecule has 0 aliphatic heterocycles. The Balaban J connectivity index is 1.90. The normalized spacial score (nSPS) is 10.4. The molecule has 0 spiro atoms. The third-order valence-corrected chi connectivity index (χ3v) is 2.58. The van der Waals surface area contributed by atoms with Gasteiger partial charge in [-0.15, -0.1) is 10.2 Å². The van der Waals surface area contributed by atoms with Gasteiger partial charge in [-0.2, -0.15) is 0 Å². The Morgan fingerprint density at radius 3 is 2.79 bits per heavy atom. The molecule has 0 unspecified atom stereocenters. The minimum Gasteiger partial charge on any atom is -0.456 e. The van der Waals surface area contributed by atoms with Gasteiger partial charge >= 0.3 is 5.97 Å². The maximum atomic E-state index is 11.3. The van der Waals surface area contributed by atoms with Crippen LogP contribution in [0, 0.1) is 0 Å². The molecule has 100 valence electrons. The molecule has 0 aliphatic rings. The summed E-state index contributed by atoms with van der Waals surface area (Å²) in [7, 11) is 0. The minimum atomic E-state index is -0.235. The van der Waals surface area contributed by atoms with Crippen molar-refractivity contribution in [2.45, 2.75) is 32.8 Å². The van der Waals surface area contributed by atoms with Gasteiger partial charge < -0.3 is 9.15 Å². The predicted octanol–water partition coefficient (Wildman–Crippen LogP) is 2.97. The summed E-state index contributed by atoms with van der Waals surface area (Å²) in [5.74, 6) is 0.505. The van der Waals surface area contributed by atoms with Crippen LogP contribution in [0.1, 0.15) is 32.1 Å². The first kappa shape index (κ1) is 13.3. The Labute approximate surface area is 111 Å². The van der Waals surface area contributed by atoms with Crippen molar-refractivity contribution in [2.24, 2.45) is 0 Å². The average molecular weight is 260 g/mol. The molecule has 0 radical (unpaired) electrons. The number of ether oxygens (including phenoxy) is 1. The summed E-state index contributed by atoms with van der Waals surface area (Å²) in [6.45, 7) is 2.06. The number of benzene rings is 1. The Kier molecular flexibility index (Phi) is 4.66. The fraction of sp³-hybridized carbons (Fsp3) is 0.357. The molecule has 0 saturated carbocycles. The van der Waals surface area contributed by atoms with Crippen molar-refractivity contribution in [2.75, 3.05) is 0 Å². The lowest BCUT2D eigenvalue weighted by Crippen LogP contribution is -2.04. The molecule has 1 heterocycles. The van der Waals surface area contributed by atoms with Gasteiger partial charge in [0.1, 0.15) is 0 Å². The van der Waals surface area contributed by atoms with Crippen LogP contribution in [0.4, 0.5) is 0 Å². The van der Waals surface area contributed by atoms with Crippen LogP contribution in [0.3, 0.4) is 0 Å². The number of unbranched alkanes of at least 4 members (excludes halogenated alkanes) is 1. The highest BCUT2D eigenvalue weighted by atomic mass is 16.5. The van der Waals surface area contributed by atoms with E-state index in [0.29, 0.717) is 18.2 Å². The van der Waals surface area contributed by atoms with Crippen molar-refractivity contribution in [3.8, 4) is 11.5 Å². The summed E-state index contributed by atoms with van der Waals surface area (Å²) in [5, 5.41) is 7.77. The summed E-state index contributed by atoms with van der Waals surface area (Å²) < 4.78 is 10.5. The van der Waals surface area contributed by atoms with Crippen LogP contribution in [-0.2, 0) is 16.1 Å². The maximum Gasteiger partial charge on any atom is 0.306 e. The van der Waals surface area contributed by atoms with Crippen LogP contribution in [-0.4, -0.2) is 16.2 Å². The van der Waals surface area contributed by atoms with Crippen molar-refractivity contribution in [3.63, 3.8) is 0 Å². The van der Waals surface area contributed by atoms with Crippen molar-refractivity contribution < 1.29 is 13.9 Å². The number of carbonyl (C=O) groups is 1. The Bertz CT molecular complexity index is 522. The van der Waals surface area contributed by atoms with Gasteiger partial charge in [-0.3, -0.25) is 4.79 Å². The molecule has 5 nitrogen and oxygen atoms in total. The minimum absolute atomic E-state index is 0.0301. The van der Waals surface area contributed by atoms with E-state index in [2.05, 4.69) is 10.2 Å². The van der Waals surface area contributed by atoms with Gasteiger partial charge in [0.15, 0.2) is 6.61 Å². The molecular weight excluding hydrogens is 244 g/mol. The molecule has 0 bridgehead atoms. The van der Waals surface area contributed by atoms with Crippen LogP contribution in [0.25, 0.3) is 11.5 Å². The monoisotopic (exact) mass is 260 g/mol. The second-order valence-corrected chi connectivity index (χ2v) is 4.13. The summed E-state index contributed by atoms with van der Waals surface area (Å²) in [5.41, 5.74) is 0.846. The molecule has 0 N–H and O–H groups in total. The largest absolute Gasteiger partial charge is 0.456 e. The van der Waals surface area contributed by atoms with Gasteiger partial charge in [-0.1, -0.05) is 31.5 Å². The number of hydrogen-bond donors (Lipinski definition) is 0. The van der Waals surface area contributed by atoms with Gasteiger partial charge in [0.25, 0.3) is 5.89 Å². The fourth-order valence-electron chi connectivity index (χ4n) is 1.54. The average Bonchev–Trinajstić information content (AvgIpc) is 2.93. The van der Waals surface area contributed by atoms with E-state index in [9.17, 15) is 4.79 Å². The fourth-order valence-corrected chi connectivity index (χ4v) is 1.54. The number of hydrogen-bond acceptors (Lipinski definition) is 5. The Hall–Kier alpha value is -2.17. The molecule has 0 atom stereocenters. The van der Waals surface area contributed by atoms with Crippen LogP contribution < -0.4 is 0 Å². The number of carbonyl (C=O) groups excluding carboxylic acids is 1. The van der Waals surface area contributed by atoms with Crippen LogP contribution in [0.15, 0.2) is 34.7 Å². The molecule has 0 saturated heterocycles. The van der Waals surface area contributed by atoms with E-state index < -0.39 is 0 Å². The first-order valence-electron chi connectivity index (χ1n) is 6.33. The molecule has 2 aromatic rings. The SMILES string of the molecule is CCCCC(=O)OCc1nnc(-c2ccccc2)o1. The quantitative estimate of drug-likeness (QED) is 0.747. The highest BCUT2D eigenvalue weighted by Gasteiger charge is 2.10. The summed E-state index contributed by atoms with van der Waals surface area (Å²) in [6, 6.07) is 9.46. The number of rotatable bonds is 6. The van der Waals surface area contributed by atoms with Crippen LogP contribution in [0.2, 0.25) is 0 Å². The zero-order valence-corrected chi connectivity index (χ0v) is 10.8. The van der Waals surface area contributed by atoms with Crippen molar-refractivity contribution >= 4 is 5.97 Å². The molecule has 1 aromatic heterocycles. The highest BCUT2D eigenvalue weighted by Crippen LogP contribution is 2.17. The summed E-state index contributed by atoms with van der Waals surface area (Å²) in [4.78, 5) is 11.3. The van der Waals surface area contributed by atoms with Crippen molar-refractivity contribution in [1.82, 2.24) is 10.2 Å². The van der Waals surface area contributed by atoms with E-state index in [1.54, 1.807) is 0 Å². The topological polar surface area (TPSA) is 65.2 Å². The second-order valence-electron chi connectivity index (χ2n) is 4.13. The Morgan fingerprint density at radius 2 is 2.05 bits per heavy atom. The second kappa shape index (κ2) is 6.68. The van der Waals surface area contributed by atoms with Gasteiger partial charge in [0.05, 0.1) is 0 Å². The first-order valence-corrected chi connectivity index (χ1v) is 6.33. The standard InChI is InChI=1S/C14H16N2O3/c1-2-3-9-13(17)18-10-12-15-16-14(19-12)11-7-5-4-6-8-11/h4-8H,2-3,9-10H2,1H3. The third-order valence-electron chi connectivity index (χ3n) is 2.58. The van der Waals surface area contributed by atoms with E-state index in [-0.39, 0.29) is 12.6 Å². The van der Waals surface area contributed by atoms with Gasteiger partial charge in [0.2, 0.25) is 5.89 Å². The van der Waals surface area contributed by atoms with E-state index >= 15 is 0 Å². The summed E-state index contributed by atoms with van der Waals surface area (Å²) >= 11 is 0. The number of nitrogens with zero attached hydrogens (tertiary/aromatic N) is 2. The molecule has 0 fully saturated rings.